The van der Waals surface area contributed by atoms with E-state index in [1.165, 1.54) is 12.3 Å². The van der Waals surface area contributed by atoms with Crippen molar-refractivity contribution in [3.05, 3.63) is 41.8 Å². The molecule has 1 aromatic heterocycles. The van der Waals surface area contributed by atoms with Gasteiger partial charge in [-0.2, -0.15) is 18.2 Å². The third-order valence-corrected chi connectivity index (χ3v) is 2.23. The Morgan fingerprint density at radius 2 is 1.89 bits per heavy atom. The lowest BCUT2D eigenvalue weighted by Crippen LogP contribution is -2.07. The average Bonchev–Trinajstić information content (AvgIpc) is 2.30. The van der Waals surface area contributed by atoms with Crippen LogP contribution in [-0.4, -0.2) is 9.97 Å². The fourth-order valence-electron chi connectivity index (χ4n) is 1.38. The van der Waals surface area contributed by atoms with Crippen molar-refractivity contribution in [3.63, 3.8) is 0 Å². The van der Waals surface area contributed by atoms with Gasteiger partial charge < -0.3 is 11.1 Å². The SMILES string of the molecule is Nc1nccc(Nc2cc(C(F)(F)F)ccc2F)n1. The summed E-state index contributed by atoms with van der Waals surface area (Å²) in [6.07, 6.45) is -3.25. The third kappa shape index (κ3) is 3.09. The van der Waals surface area contributed by atoms with Crippen LogP contribution >= 0.6 is 0 Å². The lowest BCUT2D eigenvalue weighted by Gasteiger charge is -2.11. The minimum Gasteiger partial charge on any atom is -0.368 e. The number of aromatic nitrogens is 2. The van der Waals surface area contributed by atoms with E-state index in [1.807, 2.05) is 0 Å². The molecule has 0 atom stereocenters. The number of benzene rings is 1. The number of nitrogens with zero attached hydrogens (tertiary/aromatic N) is 2. The molecule has 0 saturated heterocycles. The average molecular weight is 272 g/mol. The van der Waals surface area contributed by atoms with Crippen molar-refractivity contribution in [2.24, 2.45) is 0 Å². The van der Waals surface area contributed by atoms with Crippen LogP contribution in [0.15, 0.2) is 30.5 Å². The molecule has 3 N–H and O–H groups in total. The van der Waals surface area contributed by atoms with Gasteiger partial charge in [-0.3, -0.25) is 0 Å². The van der Waals surface area contributed by atoms with Crippen molar-refractivity contribution in [2.45, 2.75) is 6.18 Å². The van der Waals surface area contributed by atoms with E-state index in [0.29, 0.717) is 12.1 Å². The maximum absolute atomic E-state index is 13.4. The molecule has 0 aliphatic carbocycles. The van der Waals surface area contributed by atoms with E-state index in [-0.39, 0.29) is 17.5 Å². The number of nitrogen functional groups attached to an aromatic ring is 1. The summed E-state index contributed by atoms with van der Waals surface area (Å²) in [5, 5.41) is 2.42. The number of rotatable bonds is 2. The first-order chi connectivity index (χ1) is 8.86. The molecule has 0 amide bonds. The van der Waals surface area contributed by atoms with Crippen LogP contribution in [-0.2, 0) is 6.18 Å². The van der Waals surface area contributed by atoms with Crippen LogP contribution in [0.25, 0.3) is 0 Å². The summed E-state index contributed by atoms with van der Waals surface area (Å²) in [5.41, 5.74) is 4.01. The summed E-state index contributed by atoms with van der Waals surface area (Å²) >= 11 is 0. The van der Waals surface area contributed by atoms with Gasteiger partial charge in [0.25, 0.3) is 0 Å². The molecule has 2 rings (SSSR count). The lowest BCUT2D eigenvalue weighted by atomic mass is 10.2. The summed E-state index contributed by atoms with van der Waals surface area (Å²) in [5.74, 6) is -0.798. The van der Waals surface area contributed by atoms with E-state index < -0.39 is 17.6 Å². The Morgan fingerprint density at radius 1 is 1.16 bits per heavy atom. The van der Waals surface area contributed by atoms with Gasteiger partial charge in [0.1, 0.15) is 11.6 Å². The van der Waals surface area contributed by atoms with E-state index in [2.05, 4.69) is 15.3 Å². The highest BCUT2D eigenvalue weighted by molar-refractivity contribution is 5.58. The molecular weight excluding hydrogens is 264 g/mol. The van der Waals surface area contributed by atoms with Crippen LogP contribution in [0.5, 0.6) is 0 Å². The van der Waals surface area contributed by atoms with Crippen LogP contribution in [0.1, 0.15) is 5.56 Å². The summed E-state index contributed by atoms with van der Waals surface area (Å²) in [7, 11) is 0. The number of nitrogens with one attached hydrogen (secondary N) is 1. The maximum Gasteiger partial charge on any atom is 0.416 e. The van der Waals surface area contributed by atoms with Gasteiger partial charge in [0, 0.05) is 6.20 Å². The number of hydrogen-bond acceptors (Lipinski definition) is 4. The predicted octanol–water partition coefficient (Wildman–Crippen LogP) is 2.96. The van der Waals surface area contributed by atoms with E-state index in [0.717, 1.165) is 6.07 Å². The Labute approximate surface area is 105 Å². The monoisotopic (exact) mass is 272 g/mol. The van der Waals surface area contributed by atoms with Gasteiger partial charge in [-0.05, 0) is 24.3 Å². The van der Waals surface area contributed by atoms with Crippen molar-refractivity contribution in [2.75, 3.05) is 11.1 Å². The van der Waals surface area contributed by atoms with Gasteiger partial charge in [-0.1, -0.05) is 0 Å². The molecule has 0 aliphatic heterocycles. The normalized spacial score (nSPS) is 11.4. The molecule has 19 heavy (non-hydrogen) atoms. The van der Waals surface area contributed by atoms with Gasteiger partial charge in [0.05, 0.1) is 11.3 Å². The second-order valence-corrected chi connectivity index (χ2v) is 3.62. The summed E-state index contributed by atoms with van der Waals surface area (Å²) in [4.78, 5) is 7.32. The highest BCUT2D eigenvalue weighted by Crippen LogP contribution is 2.32. The Hall–Kier alpha value is -2.38. The summed E-state index contributed by atoms with van der Waals surface area (Å²) < 4.78 is 51.0. The van der Waals surface area contributed by atoms with Crippen molar-refractivity contribution in [3.8, 4) is 0 Å². The van der Waals surface area contributed by atoms with Crippen molar-refractivity contribution < 1.29 is 17.6 Å². The van der Waals surface area contributed by atoms with Gasteiger partial charge in [-0.15, -0.1) is 0 Å². The molecule has 0 saturated carbocycles. The lowest BCUT2D eigenvalue weighted by molar-refractivity contribution is -0.137. The summed E-state index contributed by atoms with van der Waals surface area (Å²) in [6, 6.07) is 3.41. The molecule has 100 valence electrons. The quantitative estimate of drug-likeness (QED) is 0.825. The highest BCUT2D eigenvalue weighted by atomic mass is 19.4. The van der Waals surface area contributed by atoms with E-state index in [4.69, 9.17) is 5.73 Å². The predicted molar refractivity (Wildman–Crippen MR) is 61.1 cm³/mol. The number of nitrogens with two attached hydrogens (primary N) is 1. The van der Waals surface area contributed by atoms with Gasteiger partial charge in [0.2, 0.25) is 5.95 Å². The number of hydrogen-bond donors (Lipinski definition) is 2. The van der Waals surface area contributed by atoms with Crippen molar-refractivity contribution in [1.29, 1.82) is 0 Å². The molecule has 0 aliphatic rings. The zero-order valence-corrected chi connectivity index (χ0v) is 9.37. The molecular formula is C11H8F4N4. The van der Waals surface area contributed by atoms with Crippen molar-refractivity contribution >= 4 is 17.5 Å². The zero-order valence-electron chi connectivity index (χ0n) is 9.37. The molecule has 8 heteroatoms. The van der Waals surface area contributed by atoms with Crippen LogP contribution in [0.2, 0.25) is 0 Å². The first-order valence-electron chi connectivity index (χ1n) is 5.08. The zero-order chi connectivity index (χ0) is 14.0. The third-order valence-electron chi connectivity index (χ3n) is 2.23. The number of halogens is 4. The molecule has 0 unspecified atom stereocenters. The van der Waals surface area contributed by atoms with Crippen molar-refractivity contribution in [1.82, 2.24) is 9.97 Å². The molecule has 1 heterocycles. The molecule has 4 nitrogen and oxygen atoms in total. The van der Waals surface area contributed by atoms with E-state index in [1.54, 1.807) is 0 Å². The fraction of sp³-hybridized carbons (Fsp3) is 0.0909. The van der Waals surface area contributed by atoms with Crippen LogP contribution in [0.3, 0.4) is 0 Å². The second-order valence-electron chi connectivity index (χ2n) is 3.62. The second kappa shape index (κ2) is 4.71. The van der Waals surface area contributed by atoms with E-state index >= 15 is 0 Å². The topological polar surface area (TPSA) is 63.8 Å². The first kappa shape index (κ1) is 13.1. The maximum atomic E-state index is 13.4. The van der Waals surface area contributed by atoms with Gasteiger partial charge in [0.15, 0.2) is 0 Å². The standard InChI is InChI=1S/C11H8F4N4/c12-7-2-1-6(11(13,14)15)5-8(7)18-9-3-4-17-10(16)19-9/h1-5H,(H3,16,17,18,19). The molecule has 1 aromatic carbocycles. The molecule has 2 aromatic rings. The molecule has 0 spiro atoms. The van der Waals surface area contributed by atoms with Crippen LogP contribution in [0.4, 0.5) is 35.0 Å². The Balaban J connectivity index is 2.34. The van der Waals surface area contributed by atoms with Crippen LogP contribution < -0.4 is 11.1 Å². The molecule has 0 fully saturated rings. The Morgan fingerprint density at radius 3 is 2.53 bits per heavy atom. The van der Waals surface area contributed by atoms with Gasteiger partial charge in [-0.25, -0.2) is 9.37 Å². The van der Waals surface area contributed by atoms with Gasteiger partial charge >= 0.3 is 6.18 Å². The minimum atomic E-state index is -4.55. The summed E-state index contributed by atoms with van der Waals surface area (Å²) in [6.45, 7) is 0. The van der Waals surface area contributed by atoms with E-state index in [9.17, 15) is 17.6 Å². The van der Waals surface area contributed by atoms with Crippen LogP contribution in [0, 0.1) is 5.82 Å². The number of alkyl halides is 3. The molecule has 0 radical (unpaired) electrons. The smallest absolute Gasteiger partial charge is 0.368 e. The Kier molecular flexibility index (Phi) is 3.24. The largest absolute Gasteiger partial charge is 0.416 e. The fourth-order valence-corrected chi connectivity index (χ4v) is 1.38. The Bertz CT molecular complexity index is 597. The first-order valence-corrected chi connectivity index (χ1v) is 5.08. The molecule has 0 bridgehead atoms. The minimum absolute atomic E-state index is 0.0719. The highest BCUT2D eigenvalue weighted by Gasteiger charge is 2.31. The number of anilines is 3.